The largest absolute Gasteiger partial charge is 0.480 e. The van der Waals surface area contributed by atoms with Crippen LogP contribution in [0.15, 0.2) is 24.5 Å². The molecule has 0 aliphatic rings. The topological polar surface area (TPSA) is 75.1 Å². The van der Waals surface area contributed by atoms with Crippen molar-refractivity contribution < 1.29 is 14.3 Å². The van der Waals surface area contributed by atoms with Gasteiger partial charge in [0.05, 0.1) is 0 Å². The Bertz CT molecular complexity index is 631. The molecule has 0 aliphatic heterocycles. The molecule has 1 aromatic carbocycles. The van der Waals surface area contributed by atoms with E-state index in [2.05, 4.69) is 15.3 Å². The Kier molecular flexibility index (Phi) is 4.12. The minimum atomic E-state index is -0.957. The molecule has 6 heteroatoms. The minimum absolute atomic E-state index is 0.179. The third-order valence-electron chi connectivity index (χ3n) is 2.93. The second-order valence-corrected chi connectivity index (χ2v) is 5.02. The maximum Gasteiger partial charge on any atom is 0.326 e. The van der Waals surface area contributed by atoms with Crippen LogP contribution in [0.25, 0.3) is 10.9 Å². The monoisotopic (exact) mass is 277 g/mol. The molecular weight excluding hydrogens is 261 g/mol. The second-order valence-electron chi connectivity index (χ2n) is 5.02. The Morgan fingerprint density at radius 1 is 1.40 bits per heavy atom. The third-order valence-corrected chi connectivity index (χ3v) is 2.93. The number of carbonyl (C=O) groups is 1. The lowest BCUT2D eigenvalue weighted by Gasteiger charge is -2.17. The van der Waals surface area contributed by atoms with E-state index in [1.807, 2.05) is 13.8 Å². The van der Waals surface area contributed by atoms with Gasteiger partial charge in [-0.1, -0.05) is 19.9 Å². The molecule has 0 fully saturated rings. The Morgan fingerprint density at radius 2 is 2.15 bits per heavy atom. The van der Waals surface area contributed by atoms with E-state index in [4.69, 9.17) is 0 Å². The number of hydrogen-bond acceptors (Lipinski definition) is 4. The van der Waals surface area contributed by atoms with Crippen LogP contribution in [0.1, 0.15) is 20.3 Å². The van der Waals surface area contributed by atoms with Crippen molar-refractivity contribution in [3.63, 3.8) is 0 Å². The summed E-state index contributed by atoms with van der Waals surface area (Å²) in [7, 11) is 0. The summed E-state index contributed by atoms with van der Waals surface area (Å²) in [5, 5.41) is 12.6. The van der Waals surface area contributed by atoms with Crippen LogP contribution in [0.4, 0.5) is 10.2 Å². The molecule has 2 N–H and O–H groups in total. The molecule has 0 bridgehead atoms. The molecule has 0 aliphatic carbocycles. The van der Waals surface area contributed by atoms with Crippen molar-refractivity contribution in [3.8, 4) is 0 Å². The summed E-state index contributed by atoms with van der Waals surface area (Å²) in [5.74, 6) is -0.860. The number of anilines is 1. The number of halogens is 1. The van der Waals surface area contributed by atoms with E-state index in [0.29, 0.717) is 17.6 Å². The average Bonchev–Trinajstić information content (AvgIpc) is 2.38. The molecule has 1 atom stereocenters. The number of rotatable bonds is 5. The fourth-order valence-electron chi connectivity index (χ4n) is 2.02. The molecule has 1 heterocycles. The first-order valence-electron chi connectivity index (χ1n) is 6.37. The van der Waals surface area contributed by atoms with Crippen molar-refractivity contribution in [2.75, 3.05) is 5.32 Å². The van der Waals surface area contributed by atoms with E-state index in [-0.39, 0.29) is 11.4 Å². The molecule has 0 saturated heterocycles. The van der Waals surface area contributed by atoms with E-state index in [9.17, 15) is 14.3 Å². The first kappa shape index (κ1) is 14.2. The van der Waals surface area contributed by atoms with E-state index in [1.165, 1.54) is 12.4 Å². The van der Waals surface area contributed by atoms with Gasteiger partial charge in [0.1, 0.15) is 29.5 Å². The first-order chi connectivity index (χ1) is 9.49. The summed E-state index contributed by atoms with van der Waals surface area (Å²) in [4.78, 5) is 19.2. The highest BCUT2D eigenvalue weighted by atomic mass is 19.1. The molecule has 0 radical (unpaired) electrons. The molecule has 2 aromatic rings. The van der Waals surface area contributed by atoms with E-state index in [0.717, 1.165) is 0 Å². The van der Waals surface area contributed by atoms with Crippen molar-refractivity contribution >= 4 is 22.7 Å². The molecule has 20 heavy (non-hydrogen) atoms. The van der Waals surface area contributed by atoms with Crippen LogP contribution >= 0.6 is 0 Å². The van der Waals surface area contributed by atoms with Crippen LogP contribution in [0.5, 0.6) is 0 Å². The lowest BCUT2D eigenvalue weighted by atomic mass is 10.0. The van der Waals surface area contributed by atoms with Crippen LogP contribution in [-0.2, 0) is 4.79 Å². The highest BCUT2D eigenvalue weighted by Gasteiger charge is 2.20. The average molecular weight is 277 g/mol. The summed E-state index contributed by atoms with van der Waals surface area (Å²) < 4.78 is 13.6. The van der Waals surface area contributed by atoms with Gasteiger partial charge in [-0.3, -0.25) is 0 Å². The van der Waals surface area contributed by atoms with Crippen molar-refractivity contribution in [3.05, 3.63) is 30.3 Å². The molecule has 0 saturated carbocycles. The fourth-order valence-corrected chi connectivity index (χ4v) is 2.02. The predicted octanol–water partition coefficient (Wildman–Crippen LogP) is 2.68. The van der Waals surface area contributed by atoms with Crippen LogP contribution in [0.2, 0.25) is 0 Å². The number of carboxylic acid groups (broad SMARTS) is 1. The normalized spacial score (nSPS) is 12.6. The minimum Gasteiger partial charge on any atom is -0.480 e. The van der Waals surface area contributed by atoms with E-state index >= 15 is 0 Å². The van der Waals surface area contributed by atoms with Crippen molar-refractivity contribution in [1.82, 2.24) is 9.97 Å². The highest BCUT2D eigenvalue weighted by Crippen LogP contribution is 2.22. The number of benzene rings is 1. The molecule has 0 unspecified atom stereocenters. The van der Waals surface area contributed by atoms with Crippen LogP contribution in [-0.4, -0.2) is 27.1 Å². The second kappa shape index (κ2) is 5.81. The smallest absolute Gasteiger partial charge is 0.326 e. The van der Waals surface area contributed by atoms with Crippen molar-refractivity contribution in [2.24, 2.45) is 5.92 Å². The lowest BCUT2D eigenvalue weighted by Crippen LogP contribution is -2.31. The summed E-state index contributed by atoms with van der Waals surface area (Å²) in [5.41, 5.74) is 0.179. The van der Waals surface area contributed by atoms with Gasteiger partial charge in [0.15, 0.2) is 0 Å². The number of aliphatic carboxylic acids is 1. The SMILES string of the molecule is CC(C)C[C@@H](Nc1ncnc2c(F)cccc12)C(=O)O. The number of hydrogen-bond donors (Lipinski definition) is 2. The molecule has 2 rings (SSSR count). The van der Waals surface area contributed by atoms with Gasteiger partial charge < -0.3 is 10.4 Å². The number of aromatic nitrogens is 2. The maximum atomic E-state index is 13.6. The molecule has 1 aromatic heterocycles. The zero-order chi connectivity index (χ0) is 14.7. The van der Waals surface area contributed by atoms with Gasteiger partial charge in [0, 0.05) is 5.39 Å². The van der Waals surface area contributed by atoms with Crippen LogP contribution in [0, 0.1) is 11.7 Å². The van der Waals surface area contributed by atoms with Crippen LogP contribution in [0.3, 0.4) is 0 Å². The van der Waals surface area contributed by atoms with Gasteiger partial charge in [-0.2, -0.15) is 0 Å². The highest BCUT2D eigenvalue weighted by molar-refractivity contribution is 5.90. The first-order valence-corrected chi connectivity index (χ1v) is 6.37. The number of carboxylic acids is 1. The molecule has 5 nitrogen and oxygen atoms in total. The number of fused-ring (bicyclic) bond motifs is 1. The summed E-state index contributed by atoms with van der Waals surface area (Å²) in [6.45, 7) is 3.88. The van der Waals surface area contributed by atoms with Crippen molar-refractivity contribution in [2.45, 2.75) is 26.3 Å². The predicted molar refractivity (Wildman–Crippen MR) is 74.0 cm³/mol. The lowest BCUT2D eigenvalue weighted by molar-refractivity contribution is -0.138. The molecule has 0 spiro atoms. The summed E-state index contributed by atoms with van der Waals surface area (Å²) >= 11 is 0. The number of nitrogens with zero attached hydrogens (tertiary/aromatic N) is 2. The van der Waals surface area contributed by atoms with Gasteiger partial charge in [-0.15, -0.1) is 0 Å². The van der Waals surface area contributed by atoms with E-state index in [1.54, 1.807) is 12.1 Å². The molecule has 106 valence electrons. The fraction of sp³-hybridized carbons (Fsp3) is 0.357. The van der Waals surface area contributed by atoms with Gasteiger partial charge in [-0.05, 0) is 24.5 Å². The zero-order valence-corrected chi connectivity index (χ0v) is 11.3. The standard InChI is InChI=1S/C14H16FN3O2/c1-8(2)6-11(14(19)20)18-13-9-4-3-5-10(15)12(9)16-7-17-13/h3-5,7-8,11H,6H2,1-2H3,(H,19,20)(H,16,17,18)/t11-/m1/s1. The Morgan fingerprint density at radius 3 is 2.80 bits per heavy atom. The Hall–Kier alpha value is -2.24. The van der Waals surface area contributed by atoms with Crippen LogP contribution < -0.4 is 5.32 Å². The molecular formula is C14H16FN3O2. The van der Waals surface area contributed by atoms with Gasteiger partial charge in [-0.25, -0.2) is 19.2 Å². The maximum absolute atomic E-state index is 13.6. The quantitative estimate of drug-likeness (QED) is 0.878. The zero-order valence-electron chi connectivity index (χ0n) is 11.3. The number of para-hydroxylation sites is 1. The summed E-state index contributed by atoms with van der Waals surface area (Å²) in [6.07, 6.45) is 1.68. The van der Waals surface area contributed by atoms with Gasteiger partial charge >= 0.3 is 5.97 Å². The van der Waals surface area contributed by atoms with Gasteiger partial charge in [0.25, 0.3) is 0 Å². The molecule has 0 amide bonds. The third kappa shape index (κ3) is 3.01. The Balaban J connectivity index is 2.37. The Labute approximate surface area is 115 Å². The summed E-state index contributed by atoms with van der Waals surface area (Å²) in [6, 6.07) is 3.75. The van der Waals surface area contributed by atoms with E-state index < -0.39 is 17.8 Å². The van der Waals surface area contributed by atoms with Gasteiger partial charge in [0.2, 0.25) is 0 Å². The number of nitrogens with one attached hydrogen (secondary N) is 1. The van der Waals surface area contributed by atoms with Crippen molar-refractivity contribution in [1.29, 1.82) is 0 Å².